The van der Waals surface area contributed by atoms with E-state index in [0.29, 0.717) is 5.88 Å². The van der Waals surface area contributed by atoms with Gasteiger partial charge in [0.1, 0.15) is 6.26 Å². The van der Waals surface area contributed by atoms with Gasteiger partial charge in [0.25, 0.3) is 5.88 Å². The third-order valence-electron chi connectivity index (χ3n) is 1.69. The van der Waals surface area contributed by atoms with E-state index in [9.17, 15) is 0 Å². The molecule has 0 aliphatic heterocycles. The molecular formula is C10H17NO2. The van der Waals surface area contributed by atoms with E-state index in [1.807, 2.05) is 13.8 Å². The first kappa shape index (κ1) is 10.1. The lowest BCUT2D eigenvalue weighted by molar-refractivity contribution is 0.214. The highest BCUT2D eigenvalue weighted by molar-refractivity contribution is 5.28. The molecule has 1 aromatic heterocycles. The lowest BCUT2D eigenvalue weighted by Crippen LogP contribution is -2.14. The molecular weight excluding hydrogens is 166 g/mol. The van der Waals surface area contributed by atoms with Crippen molar-refractivity contribution in [1.82, 2.24) is 5.16 Å². The Morgan fingerprint density at radius 1 is 1.38 bits per heavy atom. The van der Waals surface area contributed by atoms with E-state index >= 15 is 0 Å². The second-order valence-electron chi connectivity index (χ2n) is 4.45. The summed E-state index contributed by atoms with van der Waals surface area (Å²) >= 11 is 0. The molecule has 1 aromatic rings. The molecule has 0 aromatic carbocycles. The van der Waals surface area contributed by atoms with Crippen molar-refractivity contribution in [3.05, 3.63) is 11.8 Å². The molecule has 13 heavy (non-hydrogen) atoms. The summed E-state index contributed by atoms with van der Waals surface area (Å²) in [4.78, 5) is 0. The van der Waals surface area contributed by atoms with Gasteiger partial charge in [-0.25, -0.2) is 0 Å². The molecule has 0 saturated heterocycles. The van der Waals surface area contributed by atoms with Gasteiger partial charge in [-0.15, -0.1) is 0 Å². The molecule has 0 aliphatic carbocycles. The van der Waals surface area contributed by atoms with Gasteiger partial charge in [0.15, 0.2) is 0 Å². The minimum absolute atomic E-state index is 0.0181. The van der Waals surface area contributed by atoms with Crippen molar-refractivity contribution in [1.29, 1.82) is 0 Å². The number of ether oxygens (including phenoxy) is 1. The van der Waals surface area contributed by atoms with Gasteiger partial charge < -0.3 is 9.26 Å². The van der Waals surface area contributed by atoms with E-state index in [1.165, 1.54) is 0 Å². The number of nitrogens with zero attached hydrogens (tertiary/aromatic N) is 1. The Bertz CT molecular complexity index is 271. The first-order chi connectivity index (χ1) is 5.91. The maximum Gasteiger partial charge on any atom is 0.258 e. The highest BCUT2D eigenvalue weighted by Gasteiger charge is 2.23. The van der Waals surface area contributed by atoms with Crippen LogP contribution < -0.4 is 4.74 Å². The van der Waals surface area contributed by atoms with E-state index in [2.05, 4.69) is 25.9 Å². The van der Waals surface area contributed by atoms with Crippen LogP contribution in [0.5, 0.6) is 5.88 Å². The first-order valence-corrected chi connectivity index (χ1v) is 4.53. The third kappa shape index (κ3) is 2.47. The predicted molar refractivity (Wildman–Crippen MR) is 51.0 cm³/mol. The van der Waals surface area contributed by atoms with Crippen LogP contribution in [-0.2, 0) is 5.41 Å². The molecule has 0 aliphatic rings. The summed E-state index contributed by atoms with van der Waals surface area (Å²) in [6.45, 7) is 10.3. The normalized spacial score (nSPS) is 12.2. The van der Waals surface area contributed by atoms with Crippen LogP contribution in [0, 0.1) is 0 Å². The van der Waals surface area contributed by atoms with Crippen LogP contribution in [0.2, 0.25) is 0 Å². The summed E-state index contributed by atoms with van der Waals surface area (Å²) in [6.07, 6.45) is 1.78. The zero-order valence-electron chi connectivity index (χ0n) is 8.92. The maximum atomic E-state index is 5.51. The number of aromatic nitrogens is 1. The molecule has 1 rings (SSSR count). The van der Waals surface area contributed by atoms with Crippen LogP contribution in [0.3, 0.4) is 0 Å². The topological polar surface area (TPSA) is 35.3 Å². The van der Waals surface area contributed by atoms with Crippen molar-refractivity contribution in [3.8, 4) is 5.88 Å². The van der Waals surface area contributed by atoms with Gasteiger partial charge in [-0.2, -0.15) is 0 Å². The predicted octanol–water partition coefficient (Wildman–Crippen LogP) is 2.76. The van der Waals surface area contributed by atoms with Crippen molar-refractivity contribution < 1.29 is 9.26 Å². The number of hydrogen-bond donors (Lipinski definition) is 0. The molecule has 3 nitrogen and oxygen atoms in total. The summed E-state index contributed by atoms with van der Waals surface area (Å²) in [7, 11) is 0. The molecule has 74 valence electrons. The Kier molecular flexibility index (Phi) is 2.64. The molecule has 0 amide bonds. The van der Waals surface area contributed by atoms with Crippen molar-refractivity contribution in [2.45, 2.75) is 46.1 Å². The zero-order valence-corrected chi connectivity index (χ0v) is 8.92. The minimum Gasteiger partial charge on any atom is -0.473 e. The number of hydrogen-bond acceptors (Lipinski definition) is 3. The van der Waals surface area contributed by atoms with Gasteiger partial charge in [0, 0.05) is 0 Å². The van der Waals surface area contributed by atoms with E-state index in [0.717, 1.165) is 5.56 Å². The Hall–Kier alpha value is -0.990. The Balaban J connectivity index is 2.90. The molecule has 3 heteroatoms. The Morgan fingerprint density at radius 2 is 2.00 bits per heavy atom. The third-order valence-corrected chi connectivity index (χ3v) is 1.69. The Morgan fingerprint density at radius 3 is 2.46 bits per heavy atom. The summed E-state index contributed by atoms with van der Waals surface area (Å²) in [6, 6.07) is 0. The standard InChI is InChI=1S/C10H17NO2/c1-7(2)13-9-8(6-12-11-9)10(3,4)5/h6-7H,1-5H3. The molecule has 0 N–H and O–H groups in total. The van der Waals surface area contributed by atoms with Gasteiger partial charge in [-0.05, 0) is 24.4 Å². The van der Waals surface area contributed by atoms with Crippen LogP contribution in [0.25, 0.3) is 0 Å². The molecule has 0 saturated carbocycles. The highest BCUT2D eigenvalue weighted by Crippen LogP contribution is 2.30. The molecule has 1 heterocycles. The fourth-order valence-corrected chi connectivity index (χ4v) is 1.03. The van der Waals surface area contributed by atoms with E-state index < -0.39 is 0 Å². The van der Waals surface area contributed by atoms with Crippen LogP contribution in [-0.4, -0.2) is 11.3 Å². The van der Waals surface area contributed by atoms with E-state index in [1.54, 1.807) is 6.26 Å². The monoisotopic (exact) mass is 183 g/mol. The molecule has 0 unspecified atom stereocenters. The minimum atomic E-state index is 0.0181. The van der Waals surface area contributed by atoms with Gasteiger partial charge >= 0.3 is 0 Å². The molecule has 0 spiro atoms. The van der Waals surface area contributed by atoms with Crippen LogP contribution >= 0.6 is 0 Å². The summed E-state index contributed by atoms with van der Waals surface area (Å²) in [5.41, 5.74) is 1.03. The maximum absolute atomic E-state index is 5.51. The summed E-state index contributed by atoms with van der Waals surface area (Å²) < 4.78 is 10.4. The smallest absolute Gasteiger partial charge is 0.258 e. The summed E-state index contributed by atoms with van der Waals surface area (Å²) in [5, 5.41) is 3.83. The van der Waals surface area contributed by atoms with E-state index in [4.69, 9.17) is 9.26 Å². The zero-order chi connectivity index (χ0) is 10.1. The van der Waals surface area contributed by atoms with Gasteiger partial charge in [-0.1, -0.05) is 20.8 Å². The van der Waals surface area contributed by atoms with Crippen molar-refractivity contribution >= 4 is 0 Å². The Labute approximate surface area is 79.1 Å². The second-order valence-corrected chi connectivity index (χ2v) is 4.45. The summed E-state index contributed by atoms with van der Waals surface area (Å²) in [5.74, 6) is 0.613. The number of rotatable bonds is 2. The highest BCUT2D eigenvalue weighted by atomic mass is 16.5. The molecule has 0 radical (unpaired) electrons. The molecule has 0 bridgehead atoms. The molecule has 0 atom stereocenters. The fourth-order valence-electron chi connectivity index (χ4n) is 1.03. The largest absolute Gasteiger partial charge is 0.473 e. The van der Waals surface area contributed by atoms with Crippen molar-refractivity contribution in [2.24, 2.45) is 0 Å². The molecule has 0 fully saturated rings. The quantitative estimate of drug-likeness (QED) is 0.707. The average Bonchev–Trinajstić information content (AvgIpc) is 2.31. The average molecular weight is 183 g/mol. The second kappa shape index (κ2) is 3.40. The first-order valence-electron chi connectivity index (χ1n) is 4.53. The van der Waals surface area contributed by atoms with Crippen molar-refractivity contribution in [3.63, 3.8) is 0 Å². The van der Waals surface area contributed by atoms with Crippen molar-refractivity contribution in [2.75, 3.05) is 0 Å². The lowest BCUT2D eigenvalue weighted by Gasteiger charge is -2.17. The van der Waals surface area contributed by atoms with Crippen LogP contribution in [0.15, 0.2) is 10.8 Å². The van der Waals surface area contributed by atoms with E-state index in [-0.39, 0.29) is 11.5 Å². The fraction of sp³-hybridized carbons (Fsp3) is 0.700. The van der Waals surface area contributed by atoms with Crippen LogP contribution in [0.1, 0.15) is 40.2 Å². The van der Waals surface area contributed by atoms with Gasteiger partial charge in [-0.3, -0.25) is 0 Å². The SMILES string of the molecule is CC(C)Oc1nocc1C(C)(C)C. The lowest BCUT2D eigenvalue weighted by atomic mass is 9.89. The van der Waals surface area contributed by atoms with Gasteiger partial charge in [0.05, 0.1) is 11.7 Å². The van der Waals surface area contributed by atoms with Crippen LogP contribution in [0.4, 0.5) is 0 Å². The van der Waals surface area contributed by atoms with Gasteiger partial charge in [0.2, 0.25) is 0 Å².